The van der Waals surface area contributed by atoms with Crippen LogP contribution in [0.4, 0.5) is 0 Å². The van der Waals surface area contributed by atoms with Gasteiger partial charge in [0.05, 0.1) is 6.10 Å². The molecular formula is C18H18O. The van der Waals surface area contributed by atoms with E-state index in [9.17, 15) is 5.11 Å². The van der Waals surface area contributed by atoms with Crippen LogP contribution in [0.15, 0.2) is 48.5 Å². The molecule has 1 N–H and O–H groups in total. The number of fused-ring (bicyclic) bond motifs is 1. The highest BCUT2D eigenvalue weighted by atomic mass is 16.3. The van der Waals surface area contributed by atoms with Crippen molar-refractivity contribution in [3.05, 3.63) is 70.8 Å². The Kier molecular flexibility index (Phi) is 1.95. The van der Waals surface area contributed by atoms with Gasteiger partial charge in [-0.05, 0) is 35.6 Å². The van der Waals surface area contributed by atoms with Crippen LogP contribution in [0.2, 0.25) is 0 Å². The molecule has 5 rings (SSSR count). The number of hydrogen-bond donors (Lipinski definition) is 1. The Labute approximate surface area is 113 Å². The molecule has 2 aromatic rings. The van der Waals surface area contributed by atoms with Crippen LogP contribution < -0.4 is 0 Å². The van der Waals surface area contributed by atoms with E-state index in [0.717, 1.165) is 6.42 Å². The molecule has 0 aromatic heterocycles. The highest BCUT2D eigenvalue weighted by Gasteiger charge is 2.55. The summed E-state index contributed by atoms with van der Waals surface area (Å²) in [6.45, 7) is 4.46. The number of hydrogen-bond acceptors (Lipinski definition) is 1. The lowest BCUT2D eigenvalue weighted by molar-refractivity contribution is 0.0586. The van der Waals surface area contributed by atoms with Gasteiger partial charge in [-0.2, -0.15) is 0 Å². The highest BCUT2D eigenvalue weighted by Crippen LogP contribution is 2.58. The molecule has 0 spiro atoms. The Morgan fingerprint density at radius 1 is 0.842 bits per heavy atom. The minimum absolute atomic E-state index is 0.0512. The SMILES string of the molecule is CC12C[C@@H](O)C(C)(c3ccccc31)c1ccccc12. The van der Waals surface area contributed by atoms with Crippen molar-refractivity contribution in [2.75, 3.05) is 0 Å². The Morgan fingerprint density at radius 3 is 1.74 bits per heavy atom. The third-order valence-electron chi connectivity index (χ3n) is 5.43. The van der Waals surface area contributed by atoms with Gasteiger partial charge >= 0.3 is 0 Å². The van der Waals surface area contributed by atoms with E-state index in [1.165, 1.54) is 22.3 Å². The fourth-order valence-corrected chi connectivity index (χ4v) is 4.29. The lowest BCUT2D eigenvalue weighted by Crippen LogP contribution is -2.54. The molecule has 0 radical (unpaired) electrons. The average Bonchev–Trinajstić information content (AvgIpc) is 2.44. The van der Waals surface area contributed by atoms with E-state index in [2.05, 4.69) is 62.4 Å². The van der Waals surface area contributed by atoms with Crippen molar-refractivity contribution in [1.29, 1.82) is 0 Å². The van der Waals surface area contributed by atoms with Gasteiger partial charge in [-0.1, -0.05) is 55.5 Å². The third-order valence-corrected chi connectivity index (χ3v) is 5.43. The van der Waals surface area contributed by atoms with Gasteiger partial charge < -0.3 is 5.11 Å². The van der Waals surface area contributed by atoms with Crippen LogP contribution in [0.3, 0.4) is 0 Å². The maximum atomic E-state index is 10.7. The normalized spacial score (nSPS) is 34.8. The topological polar surface area (TPSA) is 20.2 Å². The second kappa shape index (κ2) is 3.29. The molecule has 0 amide bonds. The first kappa shape index (κ1) is 11.2. The molecule has 1 nitrogen and oxygen atoms in total. The summed E-state index contributed by atoms with van der Waals surface area (Å²) in [6.07, 6.45) is 0.514. The fourth-order valence-electron chi connectivity index (χ4n) is 4.29. The van der Waals surface area contributed by atoms with Crippen molar-refractivity contribution >= 4 is 0 Å². The molecule has 3 aliphatic carbocycles. The van der Waals surface area contributed by atoms with Crippen molar-refractivity contribution < 1.29 is 5.11 Å². The molecule has 0 saturated heterocycles. The molecule has 0 fully saturated rings. The summed E-state index contributed by atoms with van der Waals surface area (Å²) in [7, 11) is 0. The van der Waals surface area contributed by atoms with Crippen LogP contribution in [0.25, 0.3) is 0 Å². The largest absolute Gasteiger partial charge is 0.392 e. The zero-order valence-electron chi connectivity index (χ0n) is 11.4. The van der Waals surface area contributed by atoms with E-state index in [0.29, 0.717) is 0 Å². The molecule has 0 unspecified atom stereocenters. The van der Waals surface area contributed by atoms with E-state index in [1.54, 1.807) is 0 Å². The van der Waals surface area contributed by atoms with Gasteiger partial charge in [0.1, 0.15) is 0 Å². The van der Waals surface area contributed by atoms with Crippen molar-refractivity contribution in [3.63, 3.8) is 0 Å². The summed E-state index contributed by atoms with van der Waals surface area (Å²) in [4.78, 5) is 0. The van der Waals surface area contributed by atoms with Crippen molar-refractivity contribution in [3.8, 4) is 0 Å². The van der Waals surface area contributed by atoms with Gasteiger partial charge in [0.2, 0.25) is 0 Å². The Bertz CT molecular complexity index is 623. The zero-order valence-corrected chi connectivity index (χ0v) is 11.4. The van der Waals surface area contributed by atoms with Crippen molar-refractivity contribution in [2.45, 2.75) is 37.2 Å². The van der Waals surface area contributed by atoms with Gasteiger partial charge in [-0.15, -0.1) is 0 Å². The molecule has 0 aliphatic heterocycles. The molecule has 2 bridgehead atoms. The minimum Gasteiger partial charge on any atom is -0.392 e. The summed E-state index contributed by atoms with van der Waals surface area (Å²) in [5.41, 5.74) is 5.07. The van der Waals surface area contributed by atoms with Crippen LogP contribution >= 0.6 is 0 Å². The number of aliphatic hydroxyl groups is 1. The molecule has 0 heterocycles. The van der Waals surface area contributed by atoms with Gasteiger partial charge in [0, 0.05) is 10.8 Å². The summed E-state index contributed by atoms with van der Waals surface area (Å²) >= 11 is 0. The van der Waals surface area contributed by atoms with Gasteiger partial charge in [-0.3, -0.25) is 0 Å². The molecular weight excluding hydrogens is 232 g/mol. The van der Waals surface area contributed by atoms with Gasteiger partial charge in [0.25, 0.3) is 0 Å². The molecule has 96 valence electrons. The first-order valence-electron chi connectivity index (χ1n) is 6.96. The zero-order chi connectivity index (χ0) is 13.3. The molecule has 3 aliphatic rings. The maximum absolute atomic E-state index is 10.7. The number of aliphatic hydroxyl groups excluding tert-OH is 1. The second-order valence-corrected chi connectivity index (χ2v) is 6.35. The standard InChI is InChI=1S/C18H18O/c1-17-11-16(19)18(2,14-9-5-3-7-12(14)17)15-10-6-4-8-13(15)17/h3-10,16,19H,11H2,1-2H3/t16-,17?,18?/m1/s1. The molecule has 1 atom stereocenters. The minimum atomic E-state index is -0.303. The van der Waals surface area contributed by atoms with E-state index in [4.69, 9.17) is 0 Å². The van der Waals surface area contributed by atoms with E-state index < -0.39 is 0 Å². The van der Waals surface area contributed by atoms with Crippen LogP contribution in [0.1, 0.15) is 42.5 Å². The Hall–Kier alpha value is -1.60. The monoisotopic (exact) mass is 250 g/mol. The molecule has 1 heteroatoms. The lowest BCUT2D eigenvalue weighted by atomic mass is 9.49. The van der Waals surface area contributed by atoms with Crippen LogP contribution in [0, 0.1) is 0 Å². The summed E-state index contributed by atoms with van der Waals surface area (Å²) in [5.74, 6) is 0. The van der Waals surface area contributed by atoms with Crippen LogP contribution in [-0.4, -0.2) is 11.2 Å². The summed E-state index contributed by atoms with van der Waals surface area (Å²) < 4.78 is 0. The van der Waals surface area contributed by atoms with Crippen molar-refractivity contribution in [1.82, 2.24) is 0 Å². The van der Waals surface area contributed by atoms with Gasteiger partial charge in [0.15, 0.2) is 0 Å². The summed E-state index contributed by atoms with van der Waals surface area (Å²) in [6, 6.07) is 17.2. The maximum Gasteiger partial charge on any atom is 0.0686 e. The predicted octanol–water partition coefficient (Wildman–Crippen LogP) is 3.38. The summed E-state index contributed by atoms with van der Waals surface area (Å²) in [5, 5.41) is 10.7. The Balaban J connectivity index is 2.17. The quantitative estimate of drug-likeness (QED) is 0.760. The third kappa shape index (κ3) is 1.11. The first-order chi connectivity index (χ1) is 9.08. The van der Waals surface area contributed by atoms with E-state index >= 15 is 0 Å². The molecule has 0 saturated carbocycles. The van der Waals surface area contributed by atoms with E-state index in [1.807, 2.05) is 0 Å². The molecule has 2 aromatic carbocycles. The Morgan fingerprint density at radius 2 is 1.26 bits per heavy atom. The molecule has 19 heavy (non-hydrogen) atoms. The lowest BCUT2D eigenvalue weighted by Gasteiger charge is -2.55. The number of rotatable bonds is 0. The average molecular weight is 250 g/mol. The van der Waals surface area contributed by atoms with Crippen LogP contribution in [-0.2, 0) is 10.8 Å². The second-order valence-electron chi connectivity index (χ2n) is 6.35. The number of benzene rings is 2. The highest BCUT2D eigenvalue weighted by molar-refractivity contribution is 5.62. The predicted molar refractivity (Wildman–Crippen MR) is 76.4 cm³/mol. The fraction of sp³-hybridized carbons (Fsp3) is 0.333. The van der Waals surface area contributed by atoms with Crippen LogP contribution in [0.5, 0.6) is 0 Å². The first-order valence-corrected chi connectivity index (χ1v) is 6.96. The van der Waals surface area contributed by atoms with Gasteiger partial charge in [-0.25, -0.2) is 0 Å². The van der Waals surface area contributed by atoms with E-state index in [-0.39, 0.29) is 16.9 Å². The smallest absolute Gasteiger partial charge is 0.0686 e. The van der Waals surface area contributed by atoms with Crippen molar-refractivity contribution in [2.24, 2.45) is 0 Å².